The summed E-state index contributed by atoms with van der Waals surface area (Å²) in [6, 6.07) is 0. The molecule has 68 heavy (non-hydrogen) atoms. The second-order valence-corrected chi connectivity index (χ2v) is 21.8. The molecule has 0 aromatic heterocycles. The molecule has 2 unspecified atom stereocenters. The van der Waals surface area contributed by atoms with Gasteiger partial charge in [-0.15, -0.1) is 0 Å². The van der Waals surface area contributed by atoms with Crippen molar-refractivity contribution in [3.05, 3.63) is 0 Å². The van der Waals surface area contributed by atoms with Crippen LogP contribution in [-0.2, 0) is 28.6 Å². The Morgan fingerprint density at radius 1 is 0.294 bits per heavy atom. The van der Waals surface area contributed by atoms with Crippen molar-refractivity contribution in [1.82, 2.24) is 0 Å². The minimum atomic E-state index is -0.763. The van der Waals surface area contributed by atoms with Gasteiger partial charge in [0.15, 0.2) is 6.10 Å². The predicted molar refractivity (Wildman–Crippen MR) is 293 cm³/mol. The van der Waals surface area contributed by atoms with Crippen LogP contribution in [-0.4, -0.2) is 37.2 Å². The number of hydrogen-bond donors (Lipinski definition) is 0. The Bertz CT molecular complexity index is 1040. The van der Waals surface area contributed by atoms with Crippen LogP contribution in [0.25, 0.3) is 0 Å². The molecule has 0 aromatic carbocycles. The van der Waals surface area contributed by atoms with Gasteiger partial charge < -0.3 is 14.2 Å². The molecule has 0 N–H and O–H groups in total. The van der Waals surface area contributed by atoms with Gasteiger partial charge in [-0.05, 0) is 31.1 Å². The average molecular weight is 962 g/mol. The molecule has 0 amide bonds. The summed E-state index contributed by atoms with van der Waals surface area (Å²) in [7, 11) is 0. The van der Waals surface area contributed by atoms with Crippen LogP contribution in [0.4, 0.5) is 0 Å². The van der Waals surface area contributed by atoms with E-state index in [9.17, 15) is 14.4 Å². The van der Waals surface area contributed by atoms with Gasteiger partial charge >= 0.3 is 17.9 Å². The zero-order chi connectivity index (χ0) is 49.6. The summed E-state index contributed by atoms with van der Waals surface area (Å²) in [6.07, 6.45) is 59.4. The second kappa shape index (κ2) is 54.7. The summed E-state index contributed by atoms with van der Waals surface area (Å²) in [5, 5.41) is 0. The van der Waals surface area contributed by atoms with Crippen molar-refractivity contribution in [1.29, 1.82) is 0 Å². The van der Waals surface area contributed by atoms with Gasteiger partial charge in [0.1, 0.15) is 13.2 Å². The molecular weight excluding hydrogens is 841 g/mol. The number of hydrogen-bond acceptors (Lipinski definition) is 6. The Labute approximate surface area is 425 Å². The third kappa shape index (κ3) is 52.2. The molecule has 0 aliphatic rings. The SMILES string of the molecule is CCCCCCCCCCCCCCCCC(=O)O[C@H](COC(=O)CCCCCCCCCCCCCCCCCCCCC(C)CC)COC(=O)CCCCCCCCCCCCC(C)CC. The molecule has 0 aliphatic heterocycles. The van der Waals surface area contributed by atoms with Crippen molar-refractivity contribution in [2.75, 3.05) is 13.2 Å². The molecule has 6 nitrogen and oxygen atoms in total. The lowest BCUT2D eigenvalue weighted by atomic mass is 9.99. The molecule has 0 bridgehead atoms. The maximum absolute atomic E-state index is 12.9. The van der Waals surface area contributed by atoms with E-state index in [0.29, 0.717) is 19.3 Å². The van der Waals surface area contributed by atoms with Crippen LogP contribution in [0.15, 0.2) is 0 Å². The lowest BCUT2D eigenvalue weighted by Crippen LogP contribution is -2.30. The molecule has 0 fully saturated rings. The van der Waals surface area contributed by atoms with Crippen molar-refractivity contribution < 1.29 is 28.6 Å². The van der Waals surface area contributed by atoms with Gasteiger partial charge in [0.2, 0.25) is 0 Å². The molecule has 3 atom stereocenters. The summed E-state index contributed by atoms with van der Waals surface area (Å²) in [6.45, 7) is 11.5. The first-order chi connectivity index (χ1) is 33.3. The van der Waals surface area contributed by atoms with Crippen molar-refractivity contribution >= 4 is 17.9 Å². The number of ether oxygens (including phenoxy) is 3. The summed E-state index contributed by atoms with van der Waals surface area (Å²) >= 11 is 0. The maximum atomic E-state index is 12.9. The Morgan fingerprint density at radius 2 is 0.515 bits per heavy atom. The Morgan fingerprint density at radius 3 is 0.765 bits per heavy atom. The average Bonchev–Trinajstić information content (AvgIpc) is 3.34. The number of unbranched alkanes of at least 4 members (excludes halogenated alkanes) is 39. The highest BCUT2D eigenvalue weighted by Gasteiger charge is 2.19. The first-order valence-corrected chi connectivity index (χ1v) is 30.8. The first-order valence-electron chi connectivity index (χ1n) is 30.8. The van der Waals surface area contributed by atoms with Crippen LogP contribution >= 0.6 is 0 Å². The van der Waals surface area contributed by atoms with Crippen molar-refractivity contribution in [2.24, 2.45) is 11.8 Å². The van der Waals surface area contributed by atoms with Gasteiger partial charge in [-0.3, -0.25) is 14.4 Å². The molecule has 0 aliphatic carbocycles. The third-order valence-electron chi connectivity index (χ3n) is 14.9. The van der Waals surface area contributed by atoms with Crippen molar-refractivity contribution in [2.45, 2.75) is 355 Å². The van der Waals surface area contributed by atoms with Gasteiger partial charge in [-0.25, -0.2) is 0 Å². The molecule has 0 saturated carbocycles. The molecule has 404 valence electrons. The van der Waals surface area contributed by atoms with Crippen LogP contribution in [0.3, 0.4) is 0 Å². The molecular formula is C62H120O6. The Kier molecular flexibility index (Phi) is 53.5. The van der Waals surface area contributed by atoms with E-state index >= 15 is 0 Å². The third-order valence-corrected chi connectivity index (χ3v) is 14.9. The second-order valence-electron chi connectivity index (χ2n) is 21.8. The van der Waals surface area contributed by atoms with Crippen LogP contribution in [0.1, 0.15) is 349 Å². The zero-order valence-electron chi connectivity index (χ0n) is 46.7. The highest BCUT2D eigenvalue weighted by atomic mass is 16.6. The van der Waals surface area contributed by atoms with Crippen LogP contribution in [0.5, 0.6) is 0 Å². The van der Waals surface area contributed by atoms with E-state index in [1.54, 1.807) is 0 Å². The zero-order valence-corrected chi connectivity index (χ0v) is 46.7. The maximum Gasteiger partial charge on any atom is 0.306 e. The van der Waals surface area contributed by atoms with E-state index < -0.39 is 6.10 Å². The topological polar surface area (TPSA) is 78.9 Å². The molecule has 0 saturated heterocycles. The fourth-order valence-electron chi connectivity index (χ4n) is 9.52. The van der Waals surface area contributed by atoms with E-state index in [1.807, 2.05) is 0 Å². The summed E-state index contributed by atoms with van der Waals surface area (Å²) in [5.74, 6) is 0.944. The Hall–Kier alpha value is -1.59. The Balaban J connectivity index is 4.24. The quantitative estimate of drug-likeness (QED) is 0.0343. The molecule has 0 aromatic rings. The summed E-state index contributed by atoms with van der Waals surface area (Å²) in [5.41, 5.74) is 0. The fourth-order valence-corrected chi connectivity index (χ4v) is 9.52. The predicted octanol–water partition coefficient (Wildman–Crippen LogP) is 20.4. The van der Waals surface area contributed by atoms with Gasteiger partial charge in [0.25, 0.3) is 0 Å². The van der Waals surface area contributed by atoms with Gasteiger partial charge in [-0.1, -0.05) is 311 Å². The first kappa shape index (κ1) is 66.4. The number of rotatable bonds is 56. The summed E-state index contributed by atoms with van der Waals surface area (Å²) < 4.78 is 16.9. The van der Waals surface area contributed by atoms with Gasteiger partial charge in [0.05, 0.1) is 0 Å². The van der Waals surface area contributed by atoms with Crippen molar-refractivity contribution in [3.63, 3.8) is 0 Å². The monoisotopic (exact) mass is 961 g/mol. The van der Waals surface area contributed by atoms with Gasteiger partial charge in [-0.2, -0.15) is 0 Å². The molecule has 0 spiro atoms. The number of carbonyl (C=O) groups excluding carboxylic acids is 3. The number of esters is 3. The highest BCUT2D eigenvalue weighted by Crippen LogP contribution is 2.19. The van der Waals surface area contributed by atoms with E-state index in [-0.39, 0.29) is 31.1 Å². The van der Waals surface area contributed by atoms with E-state index in [4.69, 9.17) is 14.2 Å². The van der Waals surface area contributed by atoms with E-state index in [0.717, 1.165) is 69.6 Å². The van der Waals surface area contributed by atoms with Gasteiger partial charge in [0, 0.05) is 19.3 Å². The van der Waals surface area contributed by atoms with Crippen LogP contribution in [0, 0.1) is 11.8 Å². The molecule has 6 heteroatoms. The standard InChI is InChI=1S/C62H120O6/c1-6-9-10-11-12-13-14-15-23-27-34-39-44-49-54-62(65)68-59(56-67-61(64)53-48-43-38-33-29-28-31-36-41-46-51-58(5)8-3)55-66-60(63)52-47-42-37-32-26-24-21-19-17-16-18-20-22-25-30-35-40-45-50-57(4)7-2/h57-59H,6-56H2,1-5H3/t57?,58?,59-/m1/s1. The lowest BCUT2D eigenvalue weighted by Gasteiger charge is -2.18. The van der Waals surface area contributed by atoms with Crippen LogP contribution in [0.2, 0.25) is 0 Å². The van der Waals surface area contributed by atoms with E-state index in [1.165, 1.54) is 238 Å². The molecule has 0 rings (SSSR count). The largest absolute Gasteiger partial charge is 0.462 e. The minimum absolute atomic E-state index is 0.0623. The smallest absolute Gasteiger partial charge is 0.306 e. The van der Waals surface area contributed by atoms with E-state index in [2.05, 4.69) is 34.6 Å². The lowest BCUT2D eigenvalue weighted by molar-refractivity contribution is -0.167. The highest BCUT2D eigenvalue weighted by molar-refractivity contribution is 5.71. The number of carbonyl (C=O) groups is 3. The fraction of sp³-hybridized carbons (Fsp3) is 0.952. The molecule has 0 heterocycles. The van der Waals surface area contributed by atoms with Crippen molar-refractivity contribution in [3.8, 4) is 0 Å². The molecule has 0 radical (unpaired) electrons. The summed E-state index contributed by atoms with van der Waals surface area (Å²) in [4.78, 5) is 38.2. The minimum Gasteiger partial charge on any atom is -0.462 e. The van der Waals surface area contributed by atoms with Crippen LogP contribution < -0.4 is 0 Å². The normalized spacial score (nSPS) is 12.8.